The Labute approximate surface area is 211 Å². The SMILES string of the molecule is Nc1ncc(-c2ccc(NS(=O)(=O)CCN3CC[C@@H](O)C3)cc2)nc1OCc1c(F)ccc(F)c1Cl. The van der Waals surface area contributed by atoms with E-state index in [-0.39, 0.29) is 23.0 Å². The molecule has 9 nitrogen and oxygen atoms in total. The van der Waals surface area contributed by atoms with Crippen LogP contribution in [0.5, 0.6) is 5.88 Å². The summed E-state index contributed by atoms with van der Waals surface area (Å²) in [4.78, 5) is 10.2. The summed E-state index contributed by atoms with van der Waals surface area (Å²) in [5.41, 5.74) is 6.97. The molecule has 1 aromatic heterocycles. The molecule has 0 spiro atoms. The quantitative estimate of drug-likeness (QED) is 0.354. The monoisotopic (exact) mass is 539 g/mol. The first-order valence-corrected chi connectivity index (χ1v) is 13.0. The number of nitrogens with zero attached hydrogens (tertiary/aromatic N) is 3. The van der Waals surface area contributed by atoms with Crippen LogP contribution in [0.15, 0.2) is 42.6 Å². The highest BCUT2D eigenvalue weighted by Crippen LogP contribution is 2.27. The summed E-state index contributed by atoms with van der Waals surface area (Å²) in [6.07, 6.45) is 1.64. The van der Waals surface area contributed by atoms with Gasteiger partial charge in [-0.15, -0.1) is 0 Å². The average Bonchev–Trinajstić information content (AvgIpc) is 3.27. The van der Waals surface area contributed by atoms with E-state index in [1.54, 1.807) is 24.3 Å². The van der Waals surface area contributed by atoms with Crippen LogP contribution in [0, 0.1) is 11.6 Å². The van der Waals surface area contributed by atoms with Crippen LogP contribution >= 0.6 is 11.6 Å². The number of likely N-dealkylation sites (tertiary alicyclic amines) is 1. The van der Waals surface area contributed by atoms with Gasteiger partial charge in [-0.05, 0) is 30.7 Å². The zero-order valence-corrected chi connectivity index (χ0v) is 20.6. The Morgan fingerprint density at radius 1 is 1.19 bits per heavy atom. The summed E-state index contributed by atoms with van der Waals surface area (Å²) in [7, 11) is -3.58. The second kappa shape index (κ2) is 10.9. The van der Waals surface area contributed by atoms with Gasteiger partial charge in [0.2, 0.25) is 10.0 Å². The van der Waals surface area contributed by atoms with Gasteiger partial charge in [0, 0.05) is 36.4 Å². The number of benzene rings is 2. The number of rotatable bonds is 9. The van der Waals surface area contributed by atoms with E-state index < -0.39 is 39.4 Å². The lowest BCUT2D eigenvalue weighted by Gasteiger charge is -2.15. The molecule has 1 aliphatic rings. The van der Waals surface area contributed by atoms with E-state index in [2.05, 4.69) is 14.7 Å². The molecule has 2 heterocycles. The standard InChI is InChI=1S/C23H24ClF2N5O4S/c24-21-17(18(25)5-6-19(21)26)13-35-23-22(27)28-11-20(29-23)14-1-3-15(4-2-14)30-36(33,34)10-9-31-8-7-16(32)12-31/h1-6,11,16,30,32H,7-10,12-13H2,(H2,27,28)/t16-/m1/s1. The van der Waals surface area contributed by atoms with Crippen molar-refractivity contribution in [2.75, 3.05) is 35.8 Å². The van der Waals surface area contributed by atoms with Gasteiger partial charge >= 0.3 is 0 Å². The van der Waals surface area contributed by atoms with Gasteiger partial charge in [0.15, 0.2) is 5.82 Å². The first-order chi connectivity index (χ1) is 17.1. The van der Waals surface area contributed by atoms with Crippen molar-refractivity contribution < 1.29 is 27.0 Å². The maximum atomic E-state index is 14.0. The fraction of sp³-hybridized carbons (Fsp3) is 0.304. The number of nitrogens with two attached hydrogens (primary N) is 1. The van der Waals surface area contributed by atoms with Crippen molar-refractivity contribution >= 4 is 33.1 Å². The number of halogens is 3. The Morgan fingerprint density at radius 3 is 2.61 bits per heavy atom. The number of sulfonamides is 1. The molecule has 36 heavy (non-hydrogen) atoms. The Morgan fingerprint density at radius 2 is 1.92 bits per heavy atom. The van der Waals surface area contributed by atoms with Gasteiger partial charge in [0.05, 0.1) is 28.8 Å². The summed E-state index contributed by atoms with van der Waals surface area (Å²) in [6, 6.07) is 8.29. The fourth-order valence-electron chi connectivity index (χ4n) is 3.67. The third-order valence-electron chi connectivity index (χ3n) is 5.64. The second-order valence-electron chi connectivity index (χ2n) is 8.30. The third kappa shape index (κ3) is 6.38. The van der Waals surface area contributed by atoms with Crippen molar-refractivity contribution in [1.29, 1.82) is 0 Å². The van der Waals surface area contributed by atoms with Gasteiger partial charge in [-0.3, -0.25) is 9.62 Å². The summed E-state index contributed by atoms with van der Waals surface area (Å²) in [6.45, 7) is 1.06. The van der Waals surface area contributed by atoms with E-state index in [0.717, 1.165) is 12.1 Å². The van der Waals surface area contributed by atoms with Gasteiger partial charge in [0.1, 0.15) is 18.2 Å². The lowest BCUT2D eigenvalue weighted by molar-refractivity contribution is 0.178. The number of nitrogens with one attached hydrogen (secondary N) is 1. The first-order valence-electron chi connectivity index (χ1n) is 11.0. The lowest BCUT2D eigenvalue weighted by atomic mass is 10.1. The van der Waals surface area contributed by atoms with Crippen LogP contribution in [-0.4, -0.2) is 59.9 Å². The number of aliphatic hydroxyl groups is 1. The minimum absolute atomic E-state index is 0.0541. The summed E-state index contributed by atoms with van der Waals surface area (Å²) in [5.74, 6) is -1.76. The van der Waals surface area contributed by atoms with Crippen LogP contribution in [0.3, 0.4) is 0 Å². The van der Waals surface area contributed by atoms with Gasteiger partial charge in [-0.25, -0.2) is 27.2 Å². The number of aromatic nitrogens is 2. The van der Waals surface area contributed by atoms with Crippen LogP contribution in [0.1, 0.15) is 12.0 Å². The Balaban J connectivity index is 1.41. The summed E-state index contributed by atoms with van der Waals surface area (Å²) < 4.78 is 60.5. The molecule has 0 amide bonds. The number of hydrogen-bond donors (Lipinski definition) is 3. The van der Waals surface area contributed by atoms with Gasteiger partial charge in [-0.2, -0.15) is 0 Å². The number of ether oxygens (including phenoxy) is 1. The van der Waals surface area contributed by atoms with Gasteiger partial charge in [0.25, 0.3) is 5.88 Å². The van der Waals surface area contributed by atoms with Crippen LogP contribution in [0.25, 0.3) is 11.3 Å². The maximum Gasteiger partial charge on any atom is 0.258 e. The fourth-order valence-corrected chi connectivity index (χ4v) is 4.98. The van der Waals surface area contributed by atoms with Crippen LogP contribution in [0.4, 0.5) is 20.3 Å². The smallest absolute Gasteiger partial charge is 0.258 e. The third-order valence-corrected chi connectivity index (χ3v) is 7.31. The minimum atomic E-state index is -3.58. The van der Waals surface area contributed by atoms with Gasteiger partial charge in [-0.1, -0.05) is 23.7 Å². The van der Waals surface area contributed by atoms with Crippen LogP contribution in [-0.2, 0) is 16.6 Å². The highest BCUT2D eigenvalue weighted by molar-refractivity contribution is 7.92. The molecule has 4 rings (SSSR count). The maximum absolute atomic E-state index is 14.0. The second-order valence-corrected chi connectivity index (χ2v) is 10.5. The molecule has 0 aliphatic carbocycles. The van der Waals surface area contributed by atoms with Gasteiger partial charge < -0.3 is 15.6 Å². The summed E-state index contributed by atoms with van der Waals surface area (Å²) in [5, 5.41) is 9.17. The number of hydrogen-bond acceptors (Lipinski definition) is 8. The van der Waals surface area contributed by atoms with Crippen molar-refractivity contribution in [1.82, 2.24) is 14.9 Å². The molecular formula is C23H24ClF2N5O4S. The van der Waals surface area contributed by atoms with Crippen LogP contribution in [0.2, 0.25) is 5.02 Å². The predicted octanol–water partition coefficient (Wildman–Crippen LogP) is 3.04. The Kier molecular flexibility index (Phi) is 7.88. The minimum Gasteiger partial charge on any atom is -0.470 e. The molecular weight excluding hydrogens is 516 g/mol. The molecule has 1 fully saturated rings. The molecule has 3 aromatic rings. The molecule has 0 bridgehead atoms. The number of aliphatic hydroxyl groups excluding tert-OH is 1. The van der Waals surface area contributed by atoms with Crippen molar-refractivity contribution in [3.8, 4) is 17.1 Å². The first kappa shape index (κ1) is 26.0. The normalized spacial score (nSPS) is 16.3. The average molecular weight is 540 g/mol. The molecule has 0 saturated carbocycles. The number of nitrogen functional groups attached to an aromatic ring is 1. The summed E-state index contributed by atoms with van der Waals surface area (Å²) >= 11 is 5.83. The van der Waals surface area contributed by atoms with E-state index in [4.69, 9.17) is 22.1 Å². The highest BCUT2D eigenvalue weighted by Gasteiger charge is 2.22. The zero-order valence-electron chi connectivity index (χ0n) is 19.0. The largest absolute Gasteiger partial charge is 0.470 e. The predicted molar refractivity (Wildman–Crippen MR) is 132 cm³/mol. The van der Waals surface area contributed by atoms with Crippen molar-refractivity contribution in [2.45, 2.75) is 19.1 Å². The number of β-amino-alcohol motifs (C(OH)–C–C–N with tert-alkyl or cyclic N) is 1. The molecule has 0 unspecified atom stereocenters. The molecule has 4 N–H and O–H groups in total. The number of anilines is 2. The van der Waals surface area contributed by atoms with E-state index in [9.17, 15) is 22.3 Å². The Hall–Kier alpha value is -3.06. The van der Waals surface area contributed by atoms with E-state index >= 15 is 0 Å². The molecule has 13 heteroatoms. The lowest BCUT2D eigenvalue weighted by Crippen LogP contribution is -2.30. The van der Waals surface area contributed by atoms with E-state index in [0.29, 0.717) is 43.0 Å². The highest BCUT2D eigenvalue weighted by atomic mass is 35.5. The molecule has 192 valence electrons. The zero-order chi connectivity index (χ0) is 25.9. The molecule has 1 atom stereocenters. The molecule has 1 aliphatic heterocycles. The molecule has 2 aromatic carbocycles. The van der Waals surface area contributed by atoms with Crippen LogP contribution < -0.4 is 15.2 Å². The van der Waals surface area contributed by atoms with Crippen molar-refractivity contribution in [3.63, 3.8) is 0 Å². The van der Waals surface area contributed by atoms with E-state index in [1.165, 1.54) is 6.20 Å². The van der Waals surface area contributed by atoms with Crippen molar-refractivity contribution in [3.05, 3.63) is 64.8 Å². The molecule has 0 radical (unpaired) electrons. The van der Waals surface area contributed by atoms with Crippen molar-refractivity contribution in [2.24, 2.45) is 0 Å². The Bertz CT molecular complexity index is 1350. The topological polar surface area (TPSA) is 131 Å². The van der Waals surface area contributed by atoms with E-state index in [1.807, 2.05) is 4.90 Å². The molecule has 1 saturated heterocycles.